The Labute approximate surface area is 208 Å². The highest BCUT2D eigenvalue weighted by atomic mass is 31.2. The molecule has 1 amide bonds. The van der Waals surface area contributed by atoms with Crippen LogP contribution in [0, 0.1) is 0 Å². The lowest BCUT2D eigenvalue weighted by atomic mass is 9.90. The highest BCUT2D eigenvalue weighted by Gasteiger charge is 2.29. The van der Waals surface area contributed by atoms with Gasteiger partial charge in [-0.05, 0) is 43.2 Å². The Morgan fingerprint density at radius 1 is 1.03 bits per heavy atom. The van der Waals surface area contributed by atoms with Gasteiger partial charge in [-0.25, -0.2) is 9.67 Å². The molecule has 2 aromatic carbocycles. The second-order valence-corrected chi connectivity index (χ2v) is 9.64. The second kappa shape index (κ2) is 11.3. The Morgan fingerprint density at radius 3 is 2.28 bits per heavy atom. The zero-order chi connectivity index (χ0) is 25.5. The van der Waals surface area contributed by atoms with Gasteiger partial charge in [0.05, 0.1) is 30.6 Å². The van der Waals surface area contributed by atoms with E-state index in [0.717, 1.165) is 5.56 Å². The van der Waals surface area contributed by atoms with Crippen molar-refractivity contribution in [1.82, 2.24) is 19.7 Å². The van der Waals surface area contributed by atoms with Crippen LogP contribution >= 0.6 is 7.60 Å². The first kappa shape index (κ1) is 25.2. The van der Waals surface area contributed by atoms with Gasteiger partial charge in [-0.15, -0.1) is 0 Å². The molecule has 0 bridgehead atoms. The number of carbonyl (C=O) groups excluding carboxylic acids is 1. The van der Waals surface area contributed by atoms with E-state index in [1.165, 1.54) is 10.9 Å². The molecule has 0 radical (unpaired) electrons. The molecule has 4 aromatic rings. The van der Waals surface area contributed by atoms with Crippen LogP contribution in [0.15, 0.2) is 79.3 Å². The smallest absolute Gasteiger partial charge is 0.361 e. The lowest BCUT2D eigenvalue weighted by Gasteiger charge is -2.20. The zero-order valence-electron chi connectivity index (χ0n) is 19.8. The number of amides is 1. The van der Waals surface area contributed by atoms with Crippen molar-refractivity contribution in [2.75, 3.05) is 18.5 Å². The van der Waals surface area contributed by atoms with Gasteiger partial charge in [-0.1, -0.05) is 42.5 Å². The maximum absolute atomic E-state index is 13.5. The molecule has 0 saturated heterocycles. The van der Waals surface area contributed by atoms with Crippen LogP contribution in [-0.2, 0) is 18.4 Å². The second-order valence-electron chi connectivity index (χ2n) is 7.62. The molecule has 11 heteroatoms. The Hall–Kier alpha value is -3.85. The van der Waals surface area contributed by atoms with E-state index in [1.807, 2.05) is 30.3 Å². The van der Waals surface area contributed by atoms with Gasteiger partial charge in [0, 0.05) is 12.4 Å². The average Bonchev–Trinajstić information content (AvgIpc) is 3.42. The van der Waals surface area contributed by atoms with Crippen molar-refractivity contribution in [1.29, 1.82) is 0 Å². The molecule has 186 valence electrons. The maximum Gasteiger partial charge on any atom is 0.361 e. The lowest BCUT2D eigenvalue weighted by molar-refractivity contribution is -0.116. The van der Waals surface area contributed by atoms with Gasteiger partial charge in [0.15, 0.2) is 0 Å². The van der Waals surface area contributed by atoms with E-state index in [-0.39, 0.29) is 30.7 Å². The first-order valence-corrected chi connectivity index (χ1v) is 12.9. The number of anilines is 1. The van der Waals surface area contributed by atoms with Gasteiger partial charge >= 0.3 is 7.60 Å². The summed E-state index contributed by atoms with van der Waals surface area (Å²) in [6, 6.07) is 17.6. The SMILES string of the molecule is CCOP(=O)(OCC)c1ccc(C(C(=O)Nc2cnc(-n3cccn3)nc2O)c2ccccc2)cc1. The van der Waals surface area contributed by atoms with E-state index in [4.69, 9.17) is 9.05 Å². The molecule has 0 spiro atoms. The first-order chi connectivity index (χ1) is 17.4. The van der Waals surface area contributed by atoms with Crippen LogP contribution in [-0.4, -0.2) is 44.0 Å². The van der Waals surface area contributed by atoms with Crippen molar-refractivity contribution in [2.24, 2.45) is 0 Å². The Balaban J connectivity index is 1.64. The fraction of sp³-hybridized carbons (Fsp3) is 0.200. The molecular weight excluding hydrogens is 481 g/mol. The van der Waals surface area contributed by atoms with Crippen molar-refractivity contribution >= 4 is 24.5 Å². The molecule has 1 unspecified atom stereocenters. The number of aromatic hydroxyl groups is 1. The third-order valence-electron chi connectivity index (χ3n) is 5.26. The Morgan fingerprint density at radius 2 is 1.69 bits per heavy atom. The highest BCUT2D eigenvalue weighted by Crippen LogP contribution is 2.47. The molecule has 0 aliphatic heterocycles. The van der Waals surface area contributed by atoms with Crippen LogP contribution in [0.4, 0.5) is 5.69 Å². The molecule has 4 rings (SSSR count). The normalized spacial score (nSPS) is 12.3. The predicted octanol–water partition coefficient (Wildman–Crippen LogP) is 4.03. The summed E-state index contributed by atoms with van der Waals surface area (Å²) in [5.41, 5.74) is 1.44. The topological polar surface area (TPSA) is 128 Å². The van der Waals surface area contributed by atoms with Crippen LogP contribution < -0.4 is 10.6 Å². The number of carbonyl (C=O) groups is 1. The molecule has 10 nitrogen and oxygen atoms in total. The van der Waals surface area contributed by atoms with Crippen LogP contribution in [0.1, 0.15) is 30.9 Å². The number of hydrogen-bond donors (Lipinski definition) is 2. The van der Waals surface area contributed by atoms with Crippen LogP contribution in [0.2, 0.25) is 0 Å². The van der Waals surface area contributed by atoms with Crippen molar-refractivity contribution in [3.8, 4) is 11.8 Å². The van der Waals surface area contributed by atoms with E-state index < -0.39 is 19.4 Å². The third-order valence-corrected chi connectivity index (χ3v) is 7.39. The summed E-state index contributed by atoms with van der Waals surface area (Å²) in [5.74, 6) is -1.36. The summed E-state index contributed by atoms with van der Waals surface area (Å²) in [4.78, 5) is 21.7. The largest absolute Gasteiger partial charge is 0.492 e. The molecule has 0 saturated carbocycles. The van der Waals surface area contributed by atoms with Gasteiger partial charge < -0.3 is 19.5 Å². The monoisotopic (exact) mass is 507 g/mol. The van der Waals surface area contributed by atoms with Gasteiger partial charge in [0.2, 0.25) is 11.8 Å². The minimum Gasteiger partial charge on any atom is -0.492 e. The number of hydrogen-bond acceptors (Lipinski definition) is 8. The van der Waals surface area contributed by atoms with Gasteiger partial charge in [-0.3, -0.25) is 9.36 Å². The van der Waals surface area contributed by atoms with Gasteiger partial charge in [-0.2, -0.15) is 10.1 Å². The third kappa shape index (κ3) is 5.52. The number of aromatic nitrogens is 4. The molecule has 2 heterocycles. The molecule has 0 aliphatic carbocycles. The number of nitrogens with one attached hydrogen (secondary N) is 1. The summed E-state index contributed by atoms with van der Waals surface area (Å²) < 4.78 is 25.4. The quantitative estimate of drug-likeness (QED) is 0.308. The summed E-state index contributed by atoms with van der Waals surface area (Å²) in [7, 11) is -3.46. The maximum atomic E-state index is 13.5. The van der Waals surface area contributed by atoms with Crippen LogP contribution in [0.5, 0.6) is 5.88 Å². The molecule has 2 N–H and O–H groups in total. The summed E-state index contributed by atoms with van der Waals surface area (Å²) in [6.07, 6.45) is 4.52. The average molecular weight is 507 g/mol. The van der Waals surface area contributed by atoms with Crippen LogP contribution in [0.3, 0.4) is 0 Å². The number of nitrogens with zero attached hydrogens (tertiary/aromatic N) is 4. The van der Waals surface area contributed by atoms with Crippen molar-refractivity contribution in [3.05, 3.63) is 90.4 Å². The predicted molar refractivity (Wildman–Crippen MR) is 135 cm³/mol. The molecule has 36 heavy (non-hydrogen) atoms. The molecule has 0 fully saturated rings. The van der Waals surface area contributed by atoms with E-state index in [2.05, 4.69) is 20.4 Å². The lowest BCUT2D eigenvalue weighted by Crippen LogP contribution is -2.23. The van der Waals surface area contributed by atoms with E-state index in [1.54, 1.807) is 56.6 Å². The van der Waals surface area contributed by atoms with E-state index >= 15 is 0 Å². The van der Waals surface area contributed by atoms with Gasteiger partial charge in [0.1, 0.15) is 5.69 Å². The Bertz CT molecular complexity index is 1340. The fourth-order valence-electron chi connectivity index (χ4n) is 3.67. The summed E-state index contributed by atoms with van der Waals surface area (Å²) in [6.45, 7) is 3.96. The fourth-order valence-corrected chi connectivity index (χ4v) is 5.24. The van der Waals surface area contributed by atoms with E-state index in [9.17, 15) is 14.5 Å². The zero-order valence-corrected chi connectivity index (χ0v) is 20.7. The molecular formula is C25H26N5O5P. The molecule has 1 atom stereocenters. The van der Waals surface area contributed by atoms with Crippen molar-refractivity contribution < 1.29 is 23.5 Å². The van der Waals surface area contributed by atoms with Gasteiger partial charge in [0.25, 0.3) is 5.95 Å². The van der Waals surface area contributed by atoms with Crippen molar-refractivity contribution in [2.45, 2.75) is 19.8 Å². The van der Waals surface area contributed by atoms with Crippen LogP contribution in [0.25, 0.3) is 5.95 Å². The molecule has 0 aliphatic rings. The highest BCUT2D eigenvalue weighted by molar-refractivity contribution is 7.62. The summed E-state index contributed by atoms with van der Waals surface area (Å²) in [5, 5.41) is 17.6. The first-order valence-electron chi connectivity index (χ1n) is 11.4. The number of benzene rings is 2. The Kier molecular flexibility index (Phi) is 7.90. The molecule has 2 aromatic heterocycles. The number of rotatable bonds is 10. The van der Waals surface area contributed by atoms with E-state index in [0.29, 0.717) is 10.9 Å². The standard InChI is InChI=1S/C25H26N5O5P/c1-3-34-36(33,35-4-2)20-13-11-19(12-14-20)22(18-9-6-5-7-10-18)24(32)28-21-17-26-25(29-23(21)31)30-16-8-15-27-30/h5-17,22H,3-4H2,1-2H3,(H,28,32)(H,26,29,31). The minimum atomic E-state index is -3.46. The minimum absolute atomic E-state index is 0.0608. The van der Waals surface area contributed by atoms with Crippen molar-refractivity contribution in [3.63, 3.8) is 0 Å². The summed E-state index contributed by atoms with van der Waals surface area (Å²) >= 11 is 0.